The van der Waals surface area contributed by atoms with E-state index in [0.29, 0.717) is 24.5 Å². The molecule has 4 heterocycles. The predicted molar refractivity (Wildman–Crippen MR) is 119 cm³/mol. The van der Waals surface area contributed by atoms with E-state index in [4.69, 9.17) is 0 Å². The zero-order valence-electron chi connectivity index (χ0n) is 16.6. The summed E-state index contributed by atoms with van der Waals surface area (Å²) >= 11 is 1.69. The number of ketones is 1. The fraction of sp³-hybridized carbons (Fsp3) is 0.435. The second-order valence-corrected chi connectivity index (χ2v) is 9.13. The van der Waals surface area contributed by atoms with Crippen LogP contribution in [0.1, 0.15) is 31.2 Å². The number of rotatable bonds is 6. The highest BCUT2D eigenvalue weighted by Gasteiger charge is 2.27. The van der Waals surface area contributed by atoms with Crippen LogP contribution >= 0.6 is 11.3 Å². The van der Waals surface area contributed by atoms with Gasteiger partial charge in [-0.25, -0.2) is 9.97 Å². The summed E-state index contributed by atoms with van der Waals surface area (Å²) in [7, 11) is 0. The molecule has 5 rings (SSSR count). The van der Waals surface area contributed by atoms with Crippen molar-refractivity contribution in [2.75, 3.05) is 36.0 Å². The van der Waals surface area contributed by atoms with Gasteiger partial charge >= 0.3 is 0 Å². The molecule has 3 aromatic rings. The third-order valence-electron chi connectivity index (χ3n) is 6.13. The maximum atomic E-state index is 12.7. The van der Waals surface area contributed by atoms with Crippen molar-refractivity contribution in [2.24, 2.45) is 5.92 Å². The fourth-order valence-corrected chi connectivity index (χ4v) is 5.48. The third-order valence-corrected chi connectivity index (χ3v) is 7.03. The molecule has 0 radical (unpaired) electrons. The molecule has 0 amide bonds. The van der Waals surface area contributed by atoms with E-state index in [1.165, 1.54) is 18.5 Å². The van der Waals surface area contributed by atoms with Gasteiger partial charge in [-0.05, 0) is 54.3 Å². The normalized spacial score (nSPS) is 19.4. The molecule has 0 N–H and O–H groups in total. The molecule has 150 valence electrons. The number of hydrogen-bond donors (Lipinski definition) is 0. The van der Waals surface area contributed by atoms with Crippen molar-refractivity contribution in [3.63, 3.8) is 0 Å². The fourth-order valence-electron chi connectivity index (χ4n) is 4.61. The lowest BCUT2D eigenvalue weighted by Crippen LogP contribution is -2.22. The molecule has 2 aliphatic rings. The molecule has 5 nitrogen and oxygen atoms in total. The van der Waals surface area contributed by atoms with Crippen molar-refractivity contribution in [1.29, 1.82) is 0 Å². The van der Waals surface area contributed by atoms with Crippen LogP contribution in [0.25, 0.3) is 10.2 Å². The zero-order chi connectivity index (χ0) is 19.6. The van der Waals surface area contributed by atoms with Gasteiger partial charge in [0.2, 0.25) is 0 Å². The van der Waals surface area contributed by atoms with E-state index in [9.17, 15) is 4.79 Å². The minimum absolute atomic E-state index is 0.342. The summed E-state index contributed by atoms with van der Waals surface area (Å²) in [4.78, 5) is 26.3. The first-order valence-corrected chi connectivity index (χ1v) is 11.4. The average Bonchev–Trinajstić information content (AvgIpc) is 3.49. The second-order valence-electron chi connectivity index (χ2n) is 8.21. The Morgan fingerprint density at radius 2 is 1.86 bits per heavy atom. The van der Waals surface area contributed by atoms with Gasteiger partial charge in [-0.2, -0.15) is 0 Å². The molecule has 0 bridgehead atoms. The Morgan fingerprint density at radius 1 is 1.03 bits per heavy atom. The van der Waals surface area contributed by atoms with Crippen LogP contribution < -0.4 is 9.80 Å². The van der Waals surface area contributed by atoms with Crippen LogP contribution in [0, 0.1) is 5.92 Å². The van der Waals surface area contributed by atoms with E-state index < -0.39 is 0 Å². The first kappa shape index (κ1) is 18.6. The van der Waals surface area contributed by atoms with Crippen molar-refractivity contribution >= 4 is 38.8 Å². The van der Waals surface area contributed by atoms with Crippen molar-refractivity contribution in [3.05, 3.63) is 47.6 Å². The summed E-state index contributed by atoms with van der Waals surface area (Å²) in [5, 5.41) is 2.06. The van der Waals surface area contributed by atoms with Gasteiger partial charge in [-0.15, -0.1) is 11.3 Å². The summed E-state index contributed by atoms with van der Waals surface area (Å²) in [6.45, 7) is 4.18. The molecule has 1 unspecified atom stereocenters. The van der Waals surface area contributed by atoms with Crippen LogP contribution in [0.5, 0.6) is 0 Å². The van der Waals surface area contributed by atoms with E-state index in [1.54, 1.807) is 17.7 Å². The molecule has 29 heavy (non-hydrogen) atoms. The van der Waals surface area contributed by atoms with E-state index in [1.807, 2.05) is 6.07 Å². The first-order valence-electron chi connectivity index (χ1n) is 10.5. The summed E-state index contributed by atoms with van der Waals surface area (Å²) in [6, 6.07) is 10.6. The van der Waals surface area contributed by atoms with Crippen LogP contribution in [-0.4, -0.2) is 41.9 Å². The number of carbonyl (C=O) groups is 1. The molecule has 6 heteroatoms. The largest absolute Gasteiger partial charge is 0.372 e. The van der Waals surface area contributed by atoms with Crippen molar-refractivity contribution in [1.82, 2.24) is 9.97 Å². The first-order chi connectivity index (χ1) is 14.3. The molecule has 0 spiro atoms. The number of benzene rings is 1. The van der Waals surface area contributed by atoms with Gasteiger partial charge in [0.25, 0.3) is 0 Å². The molecular formula is C23H26N4OS. The van der Waals surface area contributed by atoms with Gasteiger partial charge in [-0.3, -0.25) is 4.79 Å². The van der Waals surface area contributed by atoms with Crippen molar-refractivity contribution < 1.29 is 4.79 Å². The Labute approximate surface area is 175 Å². The van der Waals surface area contributed by atoms with Gasteiger partial charge in [-0.1, -0.05) is 12.1 Å². The minimum Gasteiger partial charge on any atom is -0.372 e. The molecule has 1 atom stereocenters. The van der Waals surface area contributed by atoms with Gasteiger partial charge in [0.15, 0.2) is 0 Å². The van der Waals surface area contributed by atoms with Gasteiger partial charge < -0.3 is 9.80 Å². The Balaban J connectivity index is 1.17. The topological polar surface area (TPSA) is 49.3 Å². The number of thiophene rings is 1. The smallest absolute Gasteiger partial charge is 0.150 e. The molecule has 2 saturated heterocycles. The minimum atomic E-state index is 0.342. The molecule has 2 fully saturated rings. The molecule has 2 aromatic heterocycles. The highest BCUT2D eigenvalue weighted by Crippen LogP contribution is 2.32. The predicted octanol–water partition coefficient (Wildman–Crippen LogP) is 4.32. The monoisotopic (exact) mass is 406 g/mol. The maximum Gasteiger partial charge on any atom is 0.150 e. The number of aromatic nitrogens is 2. The van der Waals surface area contributed by atoms with Crippen LogP contribution in [0.4, 0.5) is 11.5 Å². The zero-order valence-corrected chi connectivity index (χ0v) is 17.4. The third kappa shape index (κ3) is 3.99. The van der Waals surface area contributed by atoms with Crippen LogP contribution in [0.2, 0.25) is 0 Å². The number of hydrogen-bond acceptors (Lipinski definition) is 6. The van der Waals surface area contributed by atoms with Gasteiger partial charge in [0.05, 0.1) is 10.2 Å². The van der Waals surface area contributed by atoms with Crippen LogP contribution in [-0.2, 0) is 11.2 Å². The van der Waals surface area contributed by atoms with Gasteiger partial charge in [0.1, 0.15) is 17.9 Å². The number of Topliss-reactive ketones (excluding diaryl/α,β-unsaturated/α-hetero) is 1. The van der Waals surface area contributed by atoms with E-state index in [0.717, 1.165) is 54.2 Å². The lowest BCUT2D eigenvalue weighted by molar-refractivity contribution is -0.119. The summed E-state index contributed by atoms with van der Waals surface area (Å²) in [5.41, 5.74) is 3.43. The highest BCUT2D eigenvalue weighted by atomic mass is 32.1. The Morgan fingerprint density at radius 3 is 2.69 bits per heavy atom. The molecule has 2 aliphatic heterocycles. The lowest BCUT2D eigenvalue weighted by atomic mass is 9.97. The standard InChI is InChI=1S/C23H26N4OS/c28-20(13-17-3-5-19(6-4-17)26-9-1-2-10-26)14-18-7-11-27(15-18)23-22-21(8-12-29-22)24-16-25-23/h3-6,8,12,16,18H,1-2,7,9-11,13-15H2. The van der Waals surface area contributed by atoms with Crippen LogP contribution in [0.3, 0.4) is 0 Å². The molecular weight excluding hydrogens is 380 g/mol. The SMILES string of the molecule is O=C(Cc1ccc(N2CCCC2)cc1)CC1CCN(c2ncnc3ccsc23)C1. The second kappa shape index (κ2) is 8.11. The van der Waals surface area contributed by atoms with Crippen LogP contribution in [0.15, 0.2) is 42.0 Å². The Kier molecular flexibility index (Phi) is 5.19. The van der Waals surface area contributed by atoms with Gasteiger partial charge in [0, 0.05) is 44.7 Å². The number of carbonyl (C=O) groups excluding carboxylic acids is 1. The van der Waals surface area contributed by atoms with E-state index in [2.05, 4.69) is 49.4 Å². The Bertz CT molecular complexity index is 994. The number of nitrogens with zero attached hydrogens (tertiary/aromatic N) is 4. The summed E-state index contributed by atoms with van der Waals surface area (Å²) in [6.07, 6.45) is 6.46. The number of fused-ring (bicyclic) bond motifs is 1. The van der Waals surface area contributed by atoms with Crippen molar-refractivity contribution in [2.45, 2.75) is 32.1 Å². The Hall–Kier alpha value is -2.47. The average molecular weight is 407 g/mol. The van der Waals surface area contributed by atoms with E-state index in [-0.39, 0.29) is 0 Å². The lowest BCUT2D eigenvalue weighted by Gasteiger charge is -2.18. The number of anilines is 2. The van der Waals surface area contributed by atoms with Crippen molar-refractivity contribution in [3.8, 4) is 0 Å². The maximum absolute atomic E-state index is 12.7. The molecule has 0 aliphatic carbocycles. The van der Waals surface area contributed by atoms with E-state index >= 15 is 0 Å². The quantitative estimate of drug-likeness (QED) is 0.610. The summed E-state index contributed by atoms with van der Waals surface area (Å²) in [5.74, 6) is 1.78. The summed E-state index contributed by atoms with van der Waals surface area (Å²) < 4.78 is 1.15. The molecule has 1 aromatic carbocycles. The highest BCUT2D eigenvalue weighted by molar-refractivity contribution is 7.17. The molecule has 0 saturated carbocycles.